The predicted molar refractivity (Wildman–Crippen MR) is 118 cm³/mol. The van der Waals surface area contributed by atoms with Crippen LogP contribution in [0.1, 0.15) is 51.5 Å². The van der Waals surface area contributed by atoms with Gasteiger partial charge in [-0.2, -0.15) is 0 Å². The molecular formula is C21H35Cl2N3O. The minimum atomic E-state index is 0. The maximum absolute atomic E-state index is 12.8. The highest BCUT2D eigenvalue weighted by molar-refractivity contribution is 5.92. The van der Waals surface area contributed by atoms with Gasteiger partial charge in [0.25, 0.3) is 0 Å². The largest absolute Gasteiger partial charge is 0.327 e. The fraction of sp³-hybridized carbons (Fsp3) is 0.667. The number of halogens is 2. The van der Waals surface area contributed by atoms with Gasteiger partial charge in [-0.05, 0) is 68.3 Å². The number of nitrogens with zero attached hydrogens (tertiary/aromatic N) is 1. The fourth-order valence-electron chi connectivity index (χ4n) is 4.70. The van der Waals surface area contributed by atoms with Gasteiger partial charge in [-0.3, -0.25) is 9.69 Å². The fourth-order valence-corrected chi connectivity index (χ4v) is 4.70. The SMILES string of the molecule is CCN(CC)Cc1cccc(NC(=O)C2CC3CCCC(C2)C3N)c1.Cl.Cl. The summed E-state index contributed by atoms with van der Waals surface area (Å²) < 4.78 is 0. The first-order valence-corrected chi connectivity index (χ1v) is 9.98. The minimum absolute atomic E-state index is 0. The van der Waals surface area contributed by atoms with E-state index in [0.29, 0.717) is 17.9 Å². The summed E-state index contributed by atoms with van der Waals surface area (Å²) in [6.45, 7) is 7.37. The van der Waals surface area contributed by atoms with Gasteiger partial charge >= 0.3 is 0 Å². The number of amides is 1. The van der Waals surface area contributed by atoms with Gasteiger partial charge in [0.2, 0.25) is 5.91 Å². The van der Waals surface area contributed by atoms with Crippen LogP contribution in [0.15, 0.2) is 24.3 Å². The van der Waals surface area contributed by atoms with Crippen molar-refractivity contribution in [1.29, 1.82) is 0 Å². The molecule has 154 valence electrons. The number of nitrogens with two attached hydrogens (primary N) is 1. The van der Waals surface area contributed by atoms with Crippen LogP contribution in [-0.2, 0) is 11.3 Å². The Balaban J connectivity index is 0.00000182. The van der Waals surface area contributed by atoms with E-state index < -0.39 is 0 Å². The highest BCUT2D eigenvalue weighted by Crippen LogP contribution is 2.42. The first-order chi connectivity index (χ1) is 12.1. The van der Waals surface area contributed by atoms with Crippen LogP contribution in [0, 0.1) is 17.8 Å². The molecule has 1 aromatic rings. The third kappa shape index (κ3) is 6.08. The lowest BCUT2D eigenvalue weighted by atomic mass is 9.65. The Morgan fingerprint density at radius 1 is 1.15 bits per heavy atom. The molecule has 2 bridgehead atoms. The number of anilines is 1. The third-order valence-corrected chi connectivity index (χ3v) is 6.28. The molecule has 3 rings (SSSR count). The zero-order valence-corrected chi connectivity index (χ0v) is 18.2. The van der Waals surface area contributed by atoms with Gasteiger partial charge in [0.1, 0.15) is 0 Å². The molecule has 2 atom stereocenters. The maximum atomic E-state index is 12.8. The first-order valence-electron chi connectivity index (χ1n) is 9.98. The molecule has 2 aliphatic carbocycles. The zero-order chi connectivity index (χ0) is 17.8. The van der Waals surface area contributed by atoms with E-state index >= 15 is 0 Å². The predicted octanol–water partition coefficient (Wildman–Crippen LogP) is 4.46. The zero-order valence-electron chi connectivity index (χ0n) is 16.5. The lowest BCUT2D eigenvalue weighted by Gasteiger charge is -2.43. The van der Waals surface area contributed by atoms with Crippen LogP contribution >= 0.6 is 24.8 Å². The van der Waals surface area contributed by atoms with Crippen molar-refractivity contribution < 1.29 is 4.79 Å². The van der Waals surface area contributed by atoms with Crippen molar-refractivity contribution >= 4 is 36.4 Å². The third-order valence-electron chi connectivity index (χ3n) is 6.28. The highest BCUT2D eigenvalue weighted by atomic mass is 35.5. The molecule has 2 aliphatic rings. The van der Waals surface area contributed by atoms with Gasteiger partial charge in [0.15, 0.2) is 0 Å². The second-order valence-corrected chi connectivity index (χ2v) is 7.85. The topological polar surface area (TPSA) is 58.4 Å². The molecule has 1 amide bonds. The van der Waals surface area contributed by atoms with Gasteiger partial charge in [0.05, 0.1) is 0 Å². The van der Waals surface area contributed by atoms with Crippen molar-refractivity contribution in [2.45, 2.75) is 58.5 Å². The molecule has 2 saturated carbocycles. The van der Waals surface area contributed by atoms with Crippen LogP contribution in [0.5, 0.6) is 0 Å². The van der Waals surface area contributed by atoms with E-state index in [0.717, 1.165) is 38.2 Å². The van der Waals surface area contributed by atoms with Crippen molar-refractivity contribution in [1.82, 2.24) is 4.90 Å². The molecule has 27 heavy (non-hydrogen) atoms. The van der Waals surface area contributed by atoms with Gasteiger partial charge in [0, 0.05) is 24.2 Å². The molecule has 0 heterocycles. The average Bonchev–Trinajstić information content (AvgIpc) is 2.59. The van der Waals surface area contributed by atoms with Crippen molar-refractivity contribution in [3.63, 3.8) is 0 Å². The normalized spacial score (nSPS) is 26.7. The van der Waals surface area contributed by atoms with E-state index in [2.05, 4.69) is 36.2 Å². The summed E-state index contributed by atoms with van der Waals surface area (Å²) in [6, 6.07) is 8.61. The van der Waals surface area contributed by atoms with E-state index in [1.54, 1.807) is 0 Å². The first kappa shape index (κ1) is 24.2. The molecule has 3 N–H and O–H groups in total. The second kappa shape index (κ2) is 11.3. The van der Waals surface area contributed by atoms with Gasteiger partial charge in [-0.25, -0.2) is 0 Å². The monoisotopic (exact) mass is 415 g/mol. The molecule has 4 nitrogen and oxygen atoms in total. The van der Waals surface area contributed by atoms with E-state index in [4.69, 9.17) is 5.73 Å². The average molecular weight is 416 g/mol. The molecule has 2 unspecified atom stereocenters. The molecule has 6 heteroatoms. The molecule has 0 radical (unpaired) electrons. The lowest BCUT2D eigenvalue weighted by molar-refractivity contribution is -0.122. The van der Waals surface area contributed by atoms with Crippen molar-refractivity contribution in [3.8, 4) is 0 Å². The van der Waals surface area contributed by atoms with Gasteiger partial charge in [-0.1, -0.05) is 32.4 Å². The number of hydrogen-bond donors (Lipinski definition) is 2. The summed E-state index contributed by atoms with van der Waals surface area (Å²) in [7, 11) is 0. The Kier molecular flexibility index (Phi) is 10.1. The number of carbonyl (C=O) groups excluding carboxylic acids is 1. The molecule has 0 aromatic heterocycles. The molecule has 0 saturated heterocycles. The molecule has 0 spiro atoms. The van der Waals surface area contributed by atoms with Gasteiger partial charge < -0.3 is 11.1 Å². The summed E-state index contributed by atoms with van der Waals surface area (Å²) in [5.41, 5.74) is 8.53. The smallest absolute Gasteiger partial charge is 0.227 e. The Morgan fingerprint density at radius 2 is 1.78 bits per heavy atom. The van der Waals surface area contributed by atoms with Crippen molar-refractivity contribution in [3.05, 3.63) is 29.8 Å². The van der Waals surface area contributed by atoms with Crippen molar-refractivity contribution in [2.75, 3.05) is 18.4 Å². The van der Waals surface area contributed by atoms with Crippen LogP contribution in [0.25, 0.3) is 0 Å². The summed E-state index contributed by atoms with van der Waals surface area (Å²) in [6.07, 6.45) is 5.59. The van der Waals surface area contributed by atoms with Gasteiger partial charge in [-0.15, -0.1) is 24.8 Å². The lowest BCUT2D eigenvalue weighted by Crippen LogP contribution is -2.48. The Hall–Kier alpha value is -0.810. The van der Waals surface area contributed by atoms with Crippen LogP contribution < -0.4 is 11.1 Å². The molecule has 1 aromatic carbocycles. The number of benzene rings is 1. The molecular weight excluding hydrogens is 381 g/mol. The summed E-state index contributed by atoms with van der Waals surface area (Å²) >= 11 is 0. The maximum Gasteiger partial charge on any atom is 0.227 e. The highest BCUT2D eigenvalue weighted by Gasteiger charge is 2.40. The molecule has 0 aliphatic heterocycles. The molecule has 2 fully saturated rings. The number of carbonyl (C=O) groups is 1. The second-order valence-electron chi connectivity index (χ2n) is 7.85. The summed E-state index contributed by atoms with van der Waals surface area (Å²) in [5, 5.41) is 3.17. The van der Waals surface area contributed by atoms with Crippen molar-refractivity contribution in [2.24, 2.45) is 23.5 Å². The van der Waals surface area contributed by atoms with Crippen LogP contribution in [0.2, 0.25) is 0 Å². The Bertz CT molecular complexity index is 581. The number of fused-ring (bicyclic) bond motifs is 2. The Morgan fingerprint density at radius 3 is 2.37 bits per heavy atom. The quantitative estimate of drug-likeness (QED) is 0.720. The van der Waals surface area contributed by atoms with E-state index in [1.165, 1.54) is 24.8 Å². The number of rotatable bonds is 6. The van der Waals surface area contributed by atoms with Crippen LogP contribution in [-0.4, -0.2) is 29.9 Å². The van der Waals surface area contributed by atoms with Crippen LogP contribution in [0.3, 0.4) is 0 Å². The standard InChI is InChI=1S/C21H33N3O.2ClH/c1-3-24(4-2)14-15-7-5-10-19(11-15)23-21(25)18-12-16-8-6-9-17(13-18)20(16)22;;/h5,7,10-11,16-18,20H,3-4,6,8-9,12-14,22H2,1-2H3,(H,23,25);2*1H. The number of nitrogens with one attached hydrogen (secondary N) is 1. The summed E-state index contributed by atoms with van der Waals surface area (Å²) in [5.74, 6) is 1.39. The van der Waals surface area contributed by atoms with Crippen LogP contribution in [0.4, 0.5) is 5.69 Å². The number of hydrogen-bond acceptors (Lipinski definition) is 3. The summed E-state index contributed by atoms with van der Waals surface area (Å²) in [4.78, 5) is 15.2. The minimum Gasteiger partial charge on any atom is -0.327 e. The van der Waals surface area contributed by atoms with E-state index in [9.17, 15) is 4.79 Å². The van der Waals surface area contributed by atoms with E-state index in [1.807, 2.05) is 12.1 Å². The van der Waals surface area contributed by atoms with E-state index in [-0.39, 0.29) is 36.6 Å². The Labute approximate surface area is 176 Å².